The number of anilines is 1. The molecule has 2 amide bonds. The van der Waals surface area contributed by atoms with Crippen LogP contribution in [0.3, 0.4) is 0 Å². The Balaban J connectivity index is 2.10. The molecule has 226 valence electrons. The molecular weight excluding hydrogens is 621 g/mol. The fourth-order valence-corrected chi connectivity index (χ4v) is 6.14. The van der Waals surface area contributed by atoms with Crippen molar-refractivity contribution in [2.75, 3.05) is 24.0 Å². The number of para-hydroxylation sites is 2. The normalized spacial score (nSPS) is 12.1. The number of hydrogen-bond donors (Lipinski definition) is 1. The molecule has 1 atom stereocenters. The van der Waals surface area contributed by atoms with E-state index in [2.05, 4.69) is 5.32 Å². The lowest BCUT2D eigenvalue weighted by molar-refractivity contribution is -0.139. The zero-order valence-electron chi connectivity index (χ0n) is 23.8. The number of carbonyl (C=O) groups excluding carboxylic acids is 2. The Hall–Kier alpha value is -2.98. The van der Waals surface area contributed by atoms with Crippen molar-refractivity contribution >= 4 is 62.3 Å². The van der Waals surface area contributed by atoms with Crippen molar-refractivity contribution in [2.24, 2.45) is 5.92 Å². The first-order chi connectivity index (χ1) is 19.9. The molecule has 0 saturated carbocycles. The monoisotopic (exact) mass is 653 g/mol. The molecule has 3 rings (SSSR count). The van der Waals surface area contributed by atoms with Gasteiger partial charge in [0.25, 0.3) is 10.0 Å². The molecule has 8 nitrogen and oxygen atoms in total. The van der Waals surface area contributed by atoms with Crippen molar-refractivity contribution in [1.82, 2.24) is 10.2 Å². The van der Waals surface area contributed by atoms with E-state index in [1.54, 1.807) is 56.3 Å². The van der Waals surface area contributed by atoms with E-state index in [-0.39, 0.29) is 35.4 Å². The largest absolute Gasteiger partial charge is 0.492 e. The summed E-state index contributed by atoms with van der Waals surface area (Å²) in [4.78, 5) is 28.5. The minimum atomic E-state index is -4.30. The van der Waals surface area contributed by atoms with Gasteiger partial charge in [-0.1, -0.05) is 66.8 Å². The van der Waals surface area contributed by atoms with Gasteiger partial charge in [0.2, 0.25) is 11.8 Å². The average Bonchev–Trinajstić information content (AvgIpc) is 2.95. The Morgan fingerprint density at radius 2 is 1.52 bits per heavy atom. The molecule has 3 aromatic carbocycles. The molecule has 0 aliphatic rings. The minimum absolute atomic E-state index is 0.0746. The van der Waals surface area contributed by atoms with Gasteiger partial charge in [-0.15, -0.1) is 0 Å². The fourth-order valence-electron chi connectivity index (χ4n) is 4.08. The van der Waals surface area contributed by atoms with Crippen molar-refractivity contribution in [2.45, 2.75) is 45.2 Å². The van der Waals surface area contributed by atoms with Crippen LogP contribution >= 0.6 is 34.8 Å². The number of sulfonamides is 1. The van der Waals surface area contributed by atoms with Gasteiger partial charge in [0.05, 0.1) is 17.2 Å². The van der Waals surface area contributed by atoms with Crippen LogP contribution in [-0.4, -0.2) is 50.9 Å². The van der Waals surface area contributed by atoms with Gasteiger partial charge in [-0.05, 0) is 68.3 Å². The minimum Gasteiger partial charge on any atom is -0.492 e. The van der Waals surface area contributed by atoms with Crippen LogP contribution in [0.25, 0.3) is 0 Å². The third-order valence-corrected chi connectivity index (χ3v) is 9.09. The first kappa shape index (κ1) is 33.5. The third kappa shape index (κ3) is 8.31. The number of carbonyl (C=O) groups is 2. The highest BCUT2D eigenvalue weighted by Crippen LogP contribution is 2.33. The van der Waals surface area contributed by atoms with Crippen LogP contribution in [0.5, 0.6) is 5.75 Å². The standard InChI is InChI=1S/C30H34Cl3N3O5S/c1-5-41-28-12-7-6-11-27(28)36(42(39,40)23-15-13-22(31)14-16-23)19-29(37)35(21(4)30(38)34-17-20(2)3)18-24-25(32)9-8-10-26(24)33/h6-16,20-21H,5,17-19H2,1-4H3,(H,34,38)/t21-/m1/s1. The predicted molar refractivity (Wildman–Crippen MR) is 168 cm³/mol. The third-order valence-electron chi connectivity index (χ3n) is 6.36. The van der Waals surface area contributed by atoms with Gasteiger partial charge in [0, 0.05) is 33.7 Å². The molecule has 1 N–H and O–H groups in total. The molecule has 42 heavy (non-hydrogen) atoms. The van der Waals surface area contributed by atoms with Crippen LogP contribution in [0.15, 0.2) is 71.6 Å². The van der Waals surface area contributed by atoms with Crippen LogP contribution in [0.1, 0.15) is 33.3 Å². The molecule has 12 heteroatoms. The number of rotatable bonds is 13. The fraction of sp³-hybridized carbons (Fsp3) is 0.333. The summed E-state index contributed by atoms with van der Waals surface area (Å²) in [7, 11) is -4.30. The van der Waals surface area contributed by atoms with E-state index >= 15 is 0 Å². The molecule has 0 fully saturated rings. The summed E-state index contributed by atoms with van der Waals surface area (Å²) < 4.78 is 34.8. The maximum Gasteiger partial charge on any atom is 0.264 e. The molecule has 0 unspecified atom stereocenters. The quantitative estimate of drug-likeness (QED) is 0.229. The van der Waals surface area contributed by atoms with Crippen molar-refractivity contribution in [3.63, 3.8) is 0 Å². The molecule has 3 aromatic rings. The molecule has 0 heterocycles. The maximum atomic E-state index is 14.1. The Labute approximate surface area is 262 Å². The summed E-state index contributed by atoms with van der Waals surface area (Å²) in [6, 6.07) is 16.1. The SMILES string of the molecule is CCOc1ccccc1N(CC(=O)N(Cc1c(Cl)cccc1Cl)[C@H](C)C(=O)NCC(C)C)S(=O)(=O)c1ccc(Cl)cc1. The summed E-state index contributed by atoms with van der Waals surface area (Å²) in [6.45, 7) is 7.14. The summed E-state index contributed by atoms with van der Waals surface area (Å²) in [5, 5.41) is 3.81. The molecular formula is C30H34Cl3N3O5S. The maximum absolute atomic E-state index is 14.1. The Kier molecular flexibility index (Phi) is 11.9. The second-order valence-corrected chi connectivity index (χ2v) is 13.0. The topological polar surface area (TPSA) is 96.0 Å². The molecule has 0 bridgehead atoms. The second kappa shape index (κ2) is 15.0. The van der Waals surface area contributed by atoms with E-state index < -0.39 is 34.4 Å². The van der Waals surface area contributed by atoms with Crippen molar-refractivity contribution < 1.29 is 22.7 Å². The number of benzene rings is 3. The van der Waals surface area contributed by atoms with Crippen molar-refractivity contribution in [1.29, 1.82) is 0 Å². The number of hydrogen-bond acceptors (Lipinski definition) is 5. The molecule has 0 spiro atoms. The Morgan fingerprint density at radius 3 is 2.12 bits per heavy atom. The lowest BCUT2D eigenvalue weighted by Gasteiger charge is -2.33. The average molecular weight is 655 g/mol. The highest BCUT2D eigenvalue weighted by Gasteiger charge is 2.34. The number of ether oxygens (including phenoxy) is 1. The Morgan fingerprint density at radius 1 is 0.905 bits per heavy atom. The summed E-state index contributed by atoms with van der Waals surface area (Å²) in [5.41, 5.74) is 0.592. The zero-order valence-corrected chi connectivity index (χ0v) is 26.9. The van der Waals surface area contributed by atoms with Crippen molar-refractivity contribution in [3.05, 3.63) is 87.4 Å². The van der Waals surface area contributed by atoms with Gasteiger partial charge in [0.1, 0.15) is 18.3 Å². The lowest BCUT2D eigenvalue weighted by atomic mass is 10.1. The Bertz CT molecular complexity index is 1480. The van der Waals surface area contributed by atoms with Crippen LogP contribution < -0.4 is 14.4 Å². The van der Waals surface area contributed by atoms with Gasteiger partial charge < -0.3 is 15.0 Å². The van der Waals surface area contributed by atoms with Crippen LogP contribution in [0.4, 0.5) is 5.69 Å². The smallest absolute Gasteiger partial charge is 0.264 e. The zero-order chi connectivity index (χ0) is 31.0. The number of amides is 2. The number of nitrogens with one attached hydrogen (secondary N) is 1. The molecule has 0 aromatic heterocycles. The van der Waals surface area contributed by atoms with E-state index in [1.807, 2.05) is 13.8 Å². The number of nitrogens with zero attached hydrogens (tertiary/aromatic N) is 2. The molecule has 0 saturated heterocycles. The predicted octanol–water partition coefficient (Wildman–Crippen LogP) is 6.43. The van der Waals surface area contributed by atoms with Crippen LogP contribution in [0.2, 0.25) is 15.1 Å². The van der Waals surface area contributed by atoms with Gasteiger partial charge in [0.15, 0.2) is 0 Å². The van der Waals surface area contributed by atoms with Gasteiger partial charge in [-0.25, -0.2) is 8.42 Å². The first-order valence-corrected chi connectivity index (χ1v) is 15.9. The van der Waals surface area contributed by atoms with Crippen LogP contribution in [0, 0.1) is 5.92 Å². The van der Waals surface area contributed by atoms with Crippen molar-refractivity contribution in [3.8, 4) is 5.75 Å². The summed E-state index contributed by atoms with van der Waals surface area (Å²) in [5.74, 6) is -0.601. The second-order valence-electron chi connectivity index (χ2n) is 9.90. The van der Waals surface area contributed by atoms with E-state index in [4.69, 9.17) is 39.5 Å². The highest BCUT2D eigenvalue weighted by atomic mass is 35.5. The van der Waals surface area contributed by atoms with Gasteiger partial charge >= 0.3 is 0 Å². The van der Waals surface area contributed by atoms with E-state index in [9.17, 15) is 18.0 Å². The first-order valence-electron chi connectivity index (χ1n) is 13.4. The van der Waals surface area contributed by atoms with Crippen LogP contribution in [-0.2, 0) is 26.2 Å². The molecule has 0 aliphatic carbocycles. The van der Waals surface area contributed by atoms with Gasteiger partial charge in [-0.2, -0.15) is 0 Å². The van der Waals surface area contributed by atoms with Gasteiger partial charge in [-0.3, -0.25) is 13.9 Å². The van der Waals surface area contributed by atoms with E-state index in [0.29, 0.717) is 27.2 Å². The highest BCUT2D eigenvalue weighted by molar-refractivity contribution is 7.92. The van der Waals surface area contributed by atoms with E-state index in [1.165, 1.54) is 29.2 Å². The van der Waals surface area contributed by atoms with E-state index in [0.717, 1.165) is 4.31 Å². The molecule has 0 radical (unpaired) electrons. The molecule has 0 aliphatic heterocycles. The number of halogens is 3. The summed E-state index contributed by atoms with van der Waals surface area (Å²) >= 11 is 18.9. The lowest BCUT2D eigenvalue weighted by Crippen LogP contribution is -2.51. The summed E-state index contributed by atoms with van der Waals surface area (Å²) in [6.07, 6.45) is 0.